The number of fused-ring (bicyclic) bond motifs is 2. The van der Waals surface area contributed by atoms with Gasteiger partial charge in [0.05, 0.1) is 15.7 Å². The number of nitrogens with two attached hydrogens (primary N) is 1. The first-order valence-corrected chi connectivity index (χ1v) is 12.1. The van der Waals surface area contributed by atoms with E-state index >= 15 is 0 Å². The summed E-state index contributed by atoms with van der Waals surface area (Å²) >= 11 is 12.7. The van der Waals surface area contributed by atoms with Crippen LogP contribution in [0.25, 0.3) is 16.9 Å². The van der Waals surface area contributed by atoms with Crippen LogP contribution in [-0.4, -0.2) is 27.5 Å². The van der Waals surface area contributed by atoms with Gasteiger partial charge in [0.2, 0.25) is 0 Å². The van der Waals surface area contributed by atoms with E-state index in [2.05, 4.69) is 35.2 Å². The van der Waals surface area contributed by atoms with Crippen molar-refractivity contribution in [2.24, 2.45) is 11.1 Å². The third kappa shape index (κ3) is 3.33. The summed E-state index contributed by atoms with van der Waals surface area (Å²) in [6.45, 7) is 3.90. The number of aromatic nitrogens is 3. The lowest BCUT2D eigenvalue weighted by Crippen LogP contribution is -2.44. The highest BCUT2D eigenvalue weighted by Crippen LogP contribution is 2.51. The van der Waals surface area contributed by atoms with Crippen molar-refractivity contribution >= 4 is 34.7 Å². The second-order valence-electron chi connectivity index (χ2n) is 9.32. The van der Waals surface area contributed by atoms with E-state index in [1.165, 1.54) is 11.1 Å². The zero-order valence-electron chi connectivity index (χ0n) is 18.4. The molecule has 2 N–H and O–H groups in total. The number of nitrogens with zero attached hydrogens (tertiary/aromatic N) is 4. The Balaban J connectivity index is 1.28. The minimum absolute atomic E-state index is 0.116. The van der Waals surface area contributed by atoms with Crippen LogP contribution in [-0.2, 0) is 6.42 Å². The van der Waals surface area contributed by atoms with Crippen molar-refractivity contribution in [3.05, 3.63) is 81.7 Å². The van der Waals surface area contributed by atoms with Crippen LogP contribution in [0.5, 0.6) is 0 Å². The predicted molar refractivity (Wildman–Crippen MR) is 134 cm³/mol. The highest BCUT2D eigenvalue weighted by Gasteiger charge is 2.45. The summed E-state index contributed by atoms with van der Waals surface area (Å²) in [5, 5.41) is 1.04. The van der Waals surface area contributed by atoms with E-state index in [0.717, 1.165) is 60.9 Å². The molecule has 4 aromatic rings. The molecule has 0 unspecified atom stereocenters. The van der Waals surface area contributed by atoms with E-state index in [-0.39, 0.29) is 11.5 Å². The van der Waals surface area contributed by atoms with Crippen LogP contribution in [0.15, 0.2) is 54.7 Å². The lowest BCUT2D eigenvalue weighted by Gasteiger charge is -2.42. The fourth-order valence-corrected chi connectivity index (χ4v) is 6.00. The molecule has 7 heteroatoms. The Morgan fingerprint density at radius 2 is 1.82 bits per heavy atom. The average molecular weight is 478 g/mol. The third-order valence-corrected chi connectivity index (χ3v) is 8.34. The minimum atomic E-state index is 0.116. The zero-order chi connectivity index (χ0) is 22.7. The number of hydrogen-bond acceptors (Lipinski definition) is 4. The van der Waals surface area contributed by atoms with E-state index < -0.39 is 0 Å². The maximum absolute atomic E-state index is 6.75. The van der Waals surface area contributed by atoms with Gasteiger partial charge in [0, 0.05) is 37.0 Å². The smallest absolute Gasteiger partial charge is 0.142 e. The third-order valence-electron chi connectivity index (χ3n) is 7.52. The Morgan fingerprint density at radius 1 is 1.03 bits per heavy atom. The number of anilines is 1. The molecule has 2 aliphatic rings. The van der Waals surface area contributed by atoms with Gasteiger partial charge in [-0.3, -0.25) is 4.40 Å². The number of aryl methyl sites for hydroxylation is 1. The first-order valence-electron chi connectivity index (χ1n) is 11.3. The average Bonchev–Trinajstić information content (AvgIpc) is 3.36. The molecule has 0 amide bonds. The molecule has 1 saturated heterocycles. The van der Waals surface area contributed by atoms with Crippen LogP contribution >= 0.6 is 23.2 Å². The van der Waals surface area contributed by atoms with Crippen molar-refractivity contribution in [1.29, 1.82) is 0 Å². The highest BCUT2D eigenvalue weighted by molar-refractivity contribution is 6.43. The molecule has 0 saturated carbocycles. The molecule has 0 bridgehead atoms. The molecule has 5 nitrogen and oxygen atoms in total. The topological polar surface area (TPSA) is 59.5 Å². The summed E-state index contributed by atoms with van der Waals surface area (Å²) in [4.78, 5) is 12.1. The highest BCUT2D eigenvalue weighted by atomic mass is 35.5. The first-order chi connectivity index (χ1) is 15.9. The van der Waals surface area contributed by atoms with Crippen molar-refractivity contribution in [3.8, 4) is 11.3 Å². The monoisotopic (exact) mass is 477 g/mol. The second kappa shape index (κ2) is 7.73. The van der Waals surface area contributed by atoms with Gasteiger partial charge in [-0.25, -0.2) is 9.97 Å². The molecule has 2 aromatic heterocycles. The molecule has 1 aliphatic carbocycles. The van der Waals surface area contributed by atoms with Gasteiger partial charge in [0.15, 0.2) is 0 Å². The summed E-state index contributed by atoms with van der Waals surface area (Å²) in [5.74, 6) is 1.86. The first kappa shape index (κ1) is 21.0. The van der Waals surface area contributed by atoms with Crippen molar-refractivity contribution < 1.29 is 0 Å². The summed E-state index contributed by atoms with van der Waals surface area (Å²) in [7, 11) is 0. The quantitative estimate of drug-likeness (QED) is 0.393. The Morgan fingerprint density at radius 3 is 2.61 bits per heavy atom. The van der Waals surface area contributed by atoms with Gasteiger partial charge in [0.1, 0.15) is 17.3 Å². The second-order valence-corrected chi connectivity index (χ2v) is 10.1. The summed E-state index contributed by atoms with van der Waals surface area (Å²) in [5.41, 5.74) is 12.1. The Labute approximate surface area is 203 Å². The summed E-state index contributed by atoms with van der Waals surface area (Å²) in [6, 6.07) is 16.4. The molecule has 1 fully saturated rings. The lowest BCUT2D eigenvalue weighted by molar-refractivity contribution is 0.187. The van der Waals surface area contributed by atoms with Crippen molar-refractivity contribution in [2.45, 2.75) is 32.2 Å². The Bertz CT molecular complexity index is 1370. The van der Waals surface area contributed by atoms with Crippen molar-refractivity contribution in [2.75, 3.05) is 18.0 Å². The minimum Gasteiger partial charge on any atom is -0.356 e. The largest absolute Gasteiger partial charge is 0.356 e. The Kier molecular flexibility index (Phi) is 4.91. The van der Waals surface area contributed by atoms with Crippen LogP contribution in [0.2, 0.25) is 10.0 Å². The molecule has 6 rings (SSSR count). The van der Waals surface area contributed by atoms with Gasteiger partial charge in [-0.1, -0.05) is 59.6 Å². The molecule has 33 heavy (non-hydrogen) atoms. The molecule has 0 radical (unpaired) electrons. The van der Waals surface area contributed by atoms with E-state index in [1.54, 1.807) is 6.07 Å². The Hall–Kier alpha value is -2.60. The van der Waals surface area contributed by atoms with Crippen LogP contribution in [0.1, 0.15) is 35.8 Å². The molecule has 2 aromatic carbocycles. The lowest BCUT2D eigenvalue weighted by atomic mass is 9.73. The van der Waals surface area contributed by atoms with Crippen molar-refractivity contribution in [1.82, 2.24) is 14.4 Å². The molecular formula is C26H25Cl2N5. The molecular weight excluding hydrogens is 453 g/mol. The molecule has 1 spiro atoms. The molecule has 3 heterocycles. The molecule has 1 aliphatic heterocycles. The van der Waals surface area contributed by atoms with Gasteiger partial charge < -0.3 is 10.6 Å². The number of hydrogen-bond donors (Lipinski definition) is 1. The number of piperidine rings is 1. The molecule has 168 valence electrons. The predicted octanol–water partition coefficient (Wildman–Crippen LogP) is 5.85. The number of rotatable bonds is 2. The fraction of sp³-hybridized carbons (Fsp3) is 0.308. The number of benzene rings is 2. The maximum Gasteiger partial charge on any atom is 0.142 e. The fourth-order valence-electron chi connectivity index (χ4n) is 5.60. The maximum atomic E-state index is 6.75. The normalized spacial score (nSPS) is 19.4. The van der Waals surface area contributed by atoms with Crippen LogP contribution in [0.4, 0.5) is 5.82 Å². The molecule has 1 atom stereocenters. The van der Waals surface area contributed by atoms with Gasteiger partial charge >= 0.3 is 0 Å². The van der Waals surface area contributed by atoms with E-state index in [1.807, 2.05) is 29.7 Å². The van der Waals surface area contributed by atoms with Gasteiger partial charge in [-0.15, -0.1) is 0 Å². The summed E-state index contributed by atoms with van der Waals surface area (Å²) < 4.78 is 2.00. The van der Waals surface area contributed by atoms with Gasteiger partial charge in [0.25, 0.3) is 0 Å². The zero-order valence-corrected chi connectivity index (χ0v) is 19.9. The number of imidazole rings is 1. The van der Waals surface area contributed by atoms with Crippen LogP contribution in [0.3, 0.4) is 0 Å². The standard InChI is InChI=1S/C26H25Cl2N5/c1-16-30-22(13-23-31-21(15-33(16)23)19-7-4-8-20(27)24(19)28)32-11-9-26(10-12-32)14-17-5-2-3-6-18(17)25(26)29/h2-8,13,15,25H,9-12,14,29H2,1H3/t25-/m1/s1. The van der Waals surface area contributed by atoms with E-state index in [4.69, 9.17) is 38.9 Å². The van der Waals surface area contributed by atoms with Gasteiger partial charge in [-0.05, 0) is 48.8 Å². The number of halogens is 2. The van der Waals surface area contributed by atoms with Gasteiger partial charge in [-0.2, -0.15) is 0 Å². The SMILES string of the molecule is Cc1nc(N2CCC3(CC2)Cc2ccccc2[C@H]3N)cc2nc(-c3cccc(Cl)c3Cl)cn12. The van der Waals surface area contributed by atoms with Crippen LogP contribution < -0.4 is 10.6 Å². The summed E-state index contributed by atoms with van der Waals surface area (Å²) in [6.07, 6.45) is 5.17. The van der Waals surface area contributed by atoms with Crippen molar-refractivity contribution in [3.63, 3.8) is 0 Å². The van der Waals surface area contributed by atoms with E-state index in [9.17, 15) is 0 Å². The van der Waals surface area contributed by atoms with E-state index in [0.29, 0.717) is 10.0 Å². The van der Waals surface area contributed by atoms with Crippen LogP contribution in [0, 0.1) is 12.3 Å².